The fraction of sp³-hybridized carbons (Fsp3) is 0.350. The summed E-state index contributed by atoms with van der Waals surface area (Å²) >= 11 is 1.33. The van der Waals surface area contributed by atoms with Gasteiger partial charge in [-0.05, 0) is 42.5 Å². The smallest absolute Gasteiger partial charge is 0.264 e. The Labute approximate surface area is 159 Å². The highest BCUT2D eigenvalue weighted by Crippen LogP contribution is 2.38. The molecule has 3 amide bonds. The number of imide groups is 1. The zero-order chi connectivity index (χ0) is 18.7. The van der Waals surface area contributed by atoms with Gasteiger partial charge in [0, 0.05) is 17.8 Å². The number of nitrogens with zero attached hydrogens (tertiary/aromatic N) is 2. The number of likely N-dealkylation sites (tertiary alicyclic amines) is 2. The maximum atomic E-state index is 13.3. The Morgan fingerprint density at radius 3 is 2.37 bits per heavy atom. The predicted octanol–water partition coefficient (Wildman–Crippen LogP) is 2.82. The number of halogens is 1. The van der Waals surface area contributed by atoms with Crippen LogP contribution in [-0.4, -0.2) is 46.7 Å². The van der Waals surface area contributed by atoms with E-state index in [2.05, 4.69) is 0 Å². The van der Waals surface area contributed by atoms with E-state index >= 15 is 0 Å². The molecule has 2 aliphatic heterocycles. The number of thiophene rings is 1. The highest BCUT2D eigenvalue weighted by Gasteiger charge is 2.52. The largest absolute Gasteiger partial charge is 0.334 e. The van der Waals surface area contributed by atoms with Crippen molar-refractivity contribution in [3.05, 3.63) is 47.1 Å². The second-order valence-corrected chi connectivity index (χ2v) is 8.44. The SMILES string of the molecule is O=C(c1cc2cc(F)ccc2s1)N1CC(N2C(=O)C3CC=CCC3C2=O)C1. The Kier molecular flexibility index (Phi) is 3.69. The molecule has 3 aliphatic rings. The van der Waals surface area contributed by atoms with Crippen LogP contribution in [0.25, 0.3) is 10.1 Å². The predicted molar refractivity (Wildman–Crippen MR) is 98.7 cm³/mol. The molecule has 2 fully saturated rings. The fourth-order valence-corrected chi connectivity index (χ4v) is 5.26. The van der Waals surface area contributed by atoms with Crippen LogP contribution in [0.1, 0.15) is 22.5 Å². The third-order valence-electron chi connectivity index (χ3n) is 5.75. The van der Waals surface area contributed by atoms with Crippen molar-refractivity contribution in [2.75, 3.05) is 13.1 Å². The third-order valence-corrected chi connectivity index (χ3v) is 6.85. The number of benzene rings is 1. The quantitative estimate of drug-likeness (QED) is 0.591. The van der Waals surface area contributed by atoms with Crippen molar-refractivity contribution < 1.29 is 18.8 Å². The molecule has 0 N–H and O–H groups in total. The van der Waals surface area contributed by atoms with Gasteiger partial charge in [0.2, 0.25) is 11.8 Å². The Morgan fingerprint density at radius 2 is 1.70 bits per heavy atom. The van der Waals surface area contributed by atoms with E-state index in [1.807, 2.05) is 12.2 Å². The Bertz CT molecular complexity index is 982. The van der Waals surface area contributed by atoms with E-state index in [1.165, 1.54) is 28.4 Å². The molecule has 3 heterocycles. The maximum Gasteiger partial charge on any atom is 0.264 e. The number of fused-ring (bicyclic) bond motifs is 2. The summed E-state index contributed by atoms with van der Waals surface area (Å²) in [5.41, 5.74) is 0. The summed E-state index contributed by atoms with van der Waals surface area (Å²) in [4.78, 5) is 41.5. The molecule has 2 aromatic rings. The second kappa shape index (κ2) is 5.99. The number of carbonyl (C=O) groups is 3. The molecule has 2 unspecified atom stereocenters. The molecule has 5 rings (SSSR count). The highest BCUT2D eigenvalue weighted by atomic mass is 32.1. The Morgan fingerprint density at radius 1 is 1.04 bits per heavy atom. The van der Waals surface area contributed by atoms with Gasteiger partial charge in [0.15, 0.2) is 0 Å². The standard InChI is InChI=1S/C20H17FN2O3S/c21-12-5-6-16-11(7-12)8-17(27-16)20(26)22-9-13(10-22)23-18(24)14-3-1-2-4-15(14)19(23)25/h1-2,5-8,13-15H,3-4,9-10H2. The molecule has 0 radical (unpaired) electrons. The number of rotatable bonds is 2. The average Bonchev–Trinajstić information content (AvgIpc) is 3.15. The molecule has 7 heteroatoms. The molecule has 1 aliphatic carbocycles. The van der Waals surface area contributed by atoms with Crippen LogP contribution in [0, 0.1) is 17.7 Å². The van der Waals surface area contributed by atoms with Crippen molar-refractivity contribution in [2.24, 2.45) is 11.8 Å². The van der Waals surface area contributed by atoms with Gasteiger partial charge < -0.3 is 4.90 Å². The highest BCUT2D eigenvalue weighted by molar-refractivity contribution is 7.20. The molecule has 2 atom stereocenters. The number of hydrogen-bond acceptors (Lipinski definition) is 4. The Hall–Kier alpha value is -2.54. The molecule has 2 saturated heterocycles. The monoisotopic (exact) mass is 384 g/mol. The molecule has 0 saturated carbocycles. The summed E-state index contributed by atoms with van der Waals surface area (Å²) < 4.78 is 14.2. The molecule has 0 bridgehead atoms. The van der Waals surface area contributed by atoms with Crippen molar-refractivity contribution in [1.82, 2.24) is 9.80 Å². The third kappa shape index (κ3) is 2.52. The molecule has 1 aromatic heterocycles. The molecule has 27 heavy (non-hydrogen) atoms. The number of allylic oxidation sites excluding steroid dienone is 2. The van der Waals surface area contributed by atoms with Gasteiger partial charge in [-0.15, -0.1) is 11.3 Å². The summed E-state index contributed by atoms with van der Waals surface area (Å²) in [6.07, 6.45) is 5.19. The van der Waals surface area contributed by atoms with E-state index in [-0.39, 0.29) is 41.4 Å². The first kappa shape index (κ1) is 16.6. The van der Waals surface area contributed by atoms with Crippen LogP contribution in [0.5, 0.6) is 0 Å². The van der Waals surface area contributed by atoms with Crippen molar-refractivity contribution in [3.63, 3.8) is 0 Å². The van der Waals surface area contributed by atoms with Crippen LogP contribution >= 0.6 is 11.3 Å². The lowest BCUT2D eigenvalue weighted by Crippen LogP contribution is -2.62. The first-order valence-electron chi connectivity index (χ1n) is 9.03. The van der Waals surface area contributed by atoms with Crippen LogP contribution < -0.4 is 0 Å². The van der Waals surface area contributed by atoms with E-state index in [0.29, 0.717) is 36.2 Å². The molecule has 0 spiro atoms. The van der Waals surface area contributed by atoms with Gasteiger partial charge in [-0.2, -0.15) is 0 Å². The van der Waals surface area contributed by atoms with Gasteiger partial charge in [-0.1, -0.05) is 12.2 Å². The summed E-state index contributed by atoms with van der Waals surface area (Å²) in [5.74, 6) is -1.11. The van der Waals surface area contributed by atoms with Gasteiger partial charge in [0.05, 0.1) is 22.8 Å². The summed E-state index contributed by atoms with van der Waals surface area (Å²) in [6.45, 7) is 0.734. The van der Waals surface area contributed by atoms with Gasteiger partial charge in [0.1, 0.15) is 5.82 Å². The molecule has 138 valence electrons. The van der Waals surface area contributed by atoms with Crippen molar-refractivity contribution >= 4 is 39.1 Å². The Balaban J connectivity index is 1.29. The summed E-state index contributed by atoms with van der Waals surface area (Å²) in [5, 5.41) is 0.710. The van der Waals surface area contributed by atoms with E-state index in [1.54, 1.807) is 17.0 Å². The van der Waals surface area contributed by atoms with Crippen LogP contribution in [0.3, 0.4) is 0 Å². The van der Waals surface area contributed by atoms with E-state index in [0.717, 1.165) is 4.70 Å². The van der Waals surface area contributed by atoms with Crippen LogP contribution in [0.15, 0.2) is 36.4 Å². The fourth-order valence-electron chi connectivity index (χ4n) is 4.25. The van der Waals surface area contributed by atoms with Crippen LogP contribution in [0.2, 0.25) is 0 Å². The zero-order valence-corrected chi connectivity index (χ0v) is 15.2. The number of hydrogen-bond donors (Lipinski definition) is 0. The minimum Gasteiger partial charge on any atom is -0.334 e. The molecular formula is C20H17FN2O3S. The maximum absolute atomic E-state index is 13.3. The molecule has 5 nitrogen and oxygen atoms in total. The topological polar surface area (TPSA) is 57.7 Å². The first-order valence-corrected chi connectivity index (χ1v) is 9.85. The lowest BCUT2D eigenvalue weighted by molar-refractivity contribution is -0.145. The van der Waals surface area contributed by atoms with Gasteiger partial charge in [-0.3, -0.25) is 19.3 Å². The average molecular weight is 384 g/mol. The minimum absolute atomic E-state index is 0.0937. The van der Waals surface area contributed by atoms with Crippen molar-refractivity contribution in [2.45, 2.75) is 18.9 Å². The summed E-state index contributed by atoms with van der Waals surface area (Å²) in [6, 6.07) is 5.93. The molecule has 1 aromatic carbocycles. The number of amides is 3. The van der Waals surface area contributed by atoms with Crippen LogP contribution in [-0.2, 0) is 9.59 Å². The zero-order valence-electron chi connectivity index (χ0n) is 14.4. The van der Waals surface area contributed by atoms with E-state index in [9.17, 15) is 18.8 Å². The number of carbonyl (C=O) groups excluding carboxylic acids is 3. The van der Waals surface area contributed by atoms with Gasteiger partial charge >= 0.3 is 0 Å². The summed E-state index contributed by atoms with van der Waals surface area (Å²) in [7, 11) is 0. The van der Waals surface area contributed by atoms with E-state index in [4.69, 9.17) is 0 Å². The lowest BCUT2D eigenvalue weighted by atomic mass is 9.85. The van der Waals surface area contributed by atoms with Gasteiger partial charge in [0.25, 0.3) is 5.91 Å². The van der Waals surface area contributed by atoms with Crippen molar-refractivity contribution in [3.8, 4) is 0 Å². The first-order chi connectivity index (χ1) is 13.0. The van der Waals surface area contributed by atoms with E-state index < -0.39 is 0 Å². The van der Waals surface area contributed by atoms with Crippen LogP contribution in [0.4, 0.5) is 4.39 Å². The second-order valence-electron chi connectivity index (χ2n) is 7.36. The lowest BCUT2D eigenvalue weighted by Gasteiger charge is -2.43. The van der Waals surface area contributed by atoms with Gasteiger partial charge in [-0.25, -0.2) is 4.39 Å². The normalized spacial score (nSPS) is 25.2. The molecular weight excluding hydrogens is 367 g/mol. The minimum atomic E-state index is -0.328. The van der Waals surface area contributed by atoms with Crippen molar-refractivity contribution in [1.29, 1.82) is 0 Å².